The topological polar surface area (TPSA) is 272 Å². The van der Waals surface area contributed by atoms with Crippen molar-refractivity contribution < 1.29 is 34.2 Å². The fourth-order valence-corrected chi connectivity index (χ4v) is 8.14. The molecule has 0 saturated heterocycles. The van der Waals surface area contributed by atoms with E-state index < -0.39 is 47.9 Å². The lowest BCUT2D eigenvalue weighted by molar-refractivity contribution is -0.142. The summed E-state index contributed by atoms with van der Waals surface area (Å²) < 4.78 is 1.89. The van der Waals surface area contributed by atoms with Gasteiger partial charge in [-0.25, -0.2) is 14.9 Å². The molecule has 0 aliphatic rings. The number of carboxylic acids is 1. The van der Waals surface area contributed by atoms with Crippen LogP contribution >= 0.6 is 0 Å². The highest BCUT2D eigenvalue weighted by Crippen LogP contribution is 2.30. The van der Waals surface area contributed by atoms with Gasteiger partial charge in [0.1, 0.15) is 23.9 Å². The minimum absolute atomic E-state index is 0.0119. The summed E-state index contributed by atoms with van der Waals surface area (Å²) in [4.78, 5) is 71.5. The number of hydrogen-bond acceptors (Lipinski definition) is 11. The molecule has 2 heterocycles. The zero-order valence-corrected chi connectivity index (χ0v) is 40.4. The van der Waals surface area contributed by atoms with Crippen molar-refractivity contribution in [1.29, 1.82) is 0 Å². The van der Waals surface area contributed by atoms with E-state index in [1.54, 1.807) is 18.5 Å². The number of rotatable bonds is 28. The van der Waals surface area contributed by atoms with E-state index in [2.05, 4.69) is 53.8 Å². The van der Waals surface area contributed by atoms with Crippen LogP contribution < -0.4 is 27.0 Å². The summed E-state index contributed by atoms with van der Waals surface area (Å²) in [6.45, 7) is 4.95. The van der Waals surface area contributed by atoms with Crippen LogP contribution in [0.3, 0.4) is 0 Å². The van der Waals surface area contributed by atoms with Crippen molar-refractivity contribution in [3.05, 3.63) is 138 Å². The molecule has 2 aromatic heterocycles. The Morgan fingerprint density at radius 3 is 2.03 bits per heavy atom. The van der Waals surface area contributed by atoms with Crippen molar-refractivity contribution in [2.45, 2.75) is 122 Å². The number of tetrazole rings is 1. The molecule has 3 unspecified atom stereocenters. The zero-order valence-electron chi connectivity index (χ0n) is 40.4. The molecule has 0 spiro atoms. The minimum Gasteiger partial charge on any atom is -0.508 e. The van der Waals surface area contributed by atoms with Gasteiger partial charge in [-0.1, -0.05) is 123 Å². The number of carbonyl (C=O) groups excluding carboxylic acids is 4. The highest BCUT2D eigenvalue weighted by molar-refractivity contribution is 5.94. The molecule has 4 amide bonds. The van der Waals surface area contributed by atoms with Crippen molar-refractivity contribution in [2.24, 2.45) is 5.73 Å². The van der Waals surface area contributed by atoms with Crippen molar-refractivity contribution in [1.82, 2.24) is 51.4 Å². The number of H-pyrrole nitrogens is 1. The number of phenols is 1. The summed E-state index contributed by atoms with van der Waals surface area (Å²) in [5.74, 6) is -2.74. The number of aliphatic carboxylic acids is 1. The van der Waals surface area contributed by atoms with Crippen LogP contribution in [0.5, 0.6) is 5.75 Å². The third-order valence-corrected chi connectivity index (χ3v) is 12.2. The molecule has 0 radical (unpaired) electrons. The van der Waals surface area contributed by atoms with E-state index in [0.717, 1.165) is 59.9 Å². The van der Waals surface area contributed by atoms with Gasteiger partial charge in [-0.2, -0.15) is 0 Å². The average molecular weight is 968 g/mol. The number of unbranched alkanes of at least 4 members (excludes halogenated alkanes) is 5. The number of benzene rings is 4. The molecule has 374 valence electrons. The number of carbonyl (C=O) groups is 5. The Morgan fingerprint density at radius 2 is 1.34 bits per heavy atom. The Hall–Kier alpha value is -7.73. The first-order chi connectivity index (χ1) is 34.3. The average Bonchev–Trinajstić information content (AvgIpc) is 4.07. The fraction of sp³-hybridized carbons (Fsp3) is 0.377. The van der Waals surface area contributed by atoms with Crippen LogP contribution in [0, 0.1) is 6.92 Å². The fourth-order valence-electron chi connectivity index (χ4n) is 8.14. The van der Waals surface area contributed by atoms with Gasteiger partial charge in [-0.3, -0.25) is 19.2 Å². The van der Waals surface area contributed by atoms with E-state index in [1.807, 2.05) is 90.5 Å². The Morgan fingerprint density at radius 1 is 0.704 bits per heavy atom. The smallest absolute Gasteiger partial charge is 0.326 e. The number of aromatic amines is 1. The second-order valence-corrected chi connectivity index (χ2v) is 17.9. The highest BCUT2D eigenvalue weighted by atomic mass is 16.4. The number of nitrogens with zero attached hydrogens (tertiary/aromatic N) is 5. The van der Waals surface area contributed by atoms with Crippen LogP contribution in [0.15, 0.2) is 110 Å². The summed E-state index contributed by atoms with van der Waals surface area (Å²) in [6, 6.07) is 24.5. The molecule has 6 rings (SSSR count). The lowest BCUT2D eigenvalue weighted by Crippen LogP contribution is -2.58. The lowest BCUT2D eigenvalue weighted by atomic mass is 9.98. The first-order valence-electron chi connectivity index (χ1n) is 24.3. The number of imidazole rings is 1. The Labute approximate surface area is 413 Å². The predicted molar refractivity (Wildman–Crippen MR) is 268 cm³/mol. The van der Waals surface area contributed by atoms with E-state index in [1.165, 1.54) is 12.1 Å². The van der Waals surface area contributed by atoms with Crippen LogP contribution in [0.4, 0.5) is 0 Å². The van der Waals surface area contributed by atoms with Gasteiger partial charge in [0.15, 0.2) is 5.82 Å². The largest absolute Gasteiger partial charge is 0.508 e. The molecule has 4 atom stereocenters. The third kappa shape index (κ3) is 16.7. The third-order valence-electron chi connectivity index (χ3n) is 12.2. The van der Waals surface area contributed by atoms with Gasteiger partial charge >= 0.3 is 5.97 Å². The standard InChI is InChI=1S/C53H65N11O7/c1-3-4-5-6-7-15-48(66)55-28-11-10-14-45(51(68)58-46(29-36-18-16-35(2)17-19-36)52(69)59-47(53(70)71)30-37-22-26-41(65)27-23-37)57-50(67)44(54)31-40-33-64(34-56-40)32-38-20-24-39(25-21-38)42-12-8-9-13-43(42)49-60-62-63-61-49/h8-9,12-13,16-27,33-34,44-47,65H,3-7,10-11,14-15,28-32,54H2,1-2H3,(H,55,66)(H,57,67)(H,58,68)(H,59,69)(H,70,71)(H,60,61,62,63)/t44?,45?,46?,47-/m0/s1. The number of phenolic OH excluding ortho intramolecular Hbond substituents is 1. The molecule has 18 nitrogen and oxygen atoms in total. The summed E-state index contributed by atoms with van der Waals surface area (Å²) in [6.07, 6.45) is 10.2. The molecule has 0 aliphatic heterocycles. The first kappa shape index (κ1) is 52.6. The Balaban J connectivity index is 1.11. The summed E-state index contributed by atoms with van der Waals surface area (Å²) in [7, 11) is 0. The molecule has 0 bridgehead atoms. The van der Waals surface area contributed by atoms with E-state index in [4.69, 9.17) is 5.73 Å². The van der Waals surface area contributed by atoms with Gasteiger partial charge in [0.05, 0.1) is 18.1 Å². The molecule has 0 saturated carbocycles. The van der Waals surface area contributed by atoms with Crippen LogP contribution in [-0.2, 0) is 49.8 Å². The maximum atomic E-state index is 14.3. The second kappa shape index (κ2) is 26.9. The molecule has 4 aromatic carbocycles. The number of aromatic nitrogens is 6. The molecule has 9 N–H and O–H groups in total. The van der Waals surface area contributed by atoms with E-state index in [9.17, 15) is 34.2 Å². The maximum Gasteiger partial charge on any atom is 0.326 e. The monoisotopic (exact) mass is 968 g/mol. The number of amides is 4. The van der Waals surface area contributed by atoms with Gasteiger partial charge in [0, 0.05) is 50.5 Å². The predicted octanol–water partition coefficient (Wildman–Crippen LogP) is 5.33. The summed E-state index contributed by atoms with van der Waals surface area (Å²) in [5, 5.41) is 45.3. The minimum atomic E-state index is -1.36. The summed E-state index contributed by atoms with van der Waals surface area (Å²) in [5.41, 5.74) is 13.2. The van der Waals surface area contributed by atoms with E-state index in [-0.39, 0.29) is 37.3 Å². The van der Waals surface area contributed by atoms with E-state index >= 15 is 0 Å². The van der Waals surface area contributed by atoms with Gasteiger partial charge in [0.25, 0.3) is 0 Å². The zero-order chi connectivity index (χ0) is 50.5. The molecular weight excluding hydrogens is 903 g/mol. The quantitative estimate of drug-likeness (QED) is 0.0290. The molecule has 18 heteroatoms. The SMILES string of the molecule is CCCCCCCC(=O)NCCCCC(NC(=O)C(N)Cc1cn(Cc2ccc(-c3ccccc3-c3nnn[nH]3)cc2)cn1)C(=O)NC(Cc1ccc(C)cc1)C(=O)N[C@@H](Cc1ccc(O)cc1)C(=O)O. The number of aryl methyl sites for hydroxylation is 1. The van der Waals surface area contributed by atoms with E-state index in [0.29, 0.717) is 55.0 Å². The van der Waals surface area contributed by atoms with Crippen molar-refractivity contribution >= 4 is 29.6 Å². The Bertz CT molecular complexity index is 2640. The second-order valence-electron chi connectivity index (χ2n) is 17.9. The maximum absolute atomic E-state index is 14.3. The van der Waals surface area contributed by atoms with Crippen LogP contribution in [-0.4, -0.2) is 101 Å². The van der Waals surface area contributed by atoms with Gasteiger partial charge in [-0.15, -0.1) is 5.10 Å². The van der Waals surface area contributed by atoms with Crippen LogP contribution in [0.2, 0.25) is 0 Å². The number of carboxylic acid groups (broad SMARTS) is 1. The molecule has 71 heavy (non-hydrogen) atoms. The highest BCUT2D eigenvalue weighted by Gasteiger charge is 2.31. The molecular formula is C53H65N11O7. The lowest BCUT2D eigenvalue weighted by Gasteiger charge is -2.25. The normalized spacial score (nSPS) is 12.8. The molecule has 0 aliphatic carbocycles. The van der Waals surface area contributed by atoms with Gasteiger partial charge in [-0.05, 0) is 83.0 Å². The number of aromatic hydroxyl groups is 1. The number of hydrogen-bond donors (Lipinski definition) is 8. The first-order valence-corrected chi connectivity index (χ1v) is 24.3. The van der Waals surface area contributed by atoms with Crippen LogP contribution in [0.25, 0.3) is 22.5 Å². The molecule has 6 aromatic rings. The van der Waals surface area contributed by atoms with Crippen LogP contribution in [0.1, 0.15) is 92.7 Å². The number of nitrogens with two attached hydrogens (primary N) is 1. The van der Waals surface area contributed by atoms with Gasteiger partial charge < -0.3 is 41.8 Å². The van der Waals surface area contributed by atoms with Crippen molar-refractivity contribution in [2.75, 3.05) is 6.54 Å². The number of nitrogens with one attached hydrogen (secondary N) is 5. The summed E-state index contributed by atoms with van der Waals surface area (Å²) >= 11 is 0. The molecule has 0 fully saturated rings. The van der Waals surface area contributed by atoms with Gasteiger partial charge in [0.2, 0.25) is 23.6 Å². The van der Waals surface area contributed by atoms with Crippen molar-refractivity contribution in [3.63, 3.8) is 0 Å². The van der Waals surface area contributed by atoms with Crippen molar-refractivity contribution in [3.8, 4) is 28.3 Å². The Kier molecular flexibility index (Phi) is 19.9.